The lowest BCUT2D eigenvalue weighted by Crippen LogP contribution is -2.43. The van der Waals surface area contributed by atoms with E-state index < -0.39 is 0 Å². The first kappa shape index (κ1) is 14.0. The second kappa shape index (κ2) is 6.23. The van der Waals surface area contributed by atoms with Gasteiger partial charge in [-0.1, -0.05) is 30.3 Å². The van der Waals surface area contributed by atoms with Gasteiger partial charge in [0, 0.05) is 50.7 Å². The third-order valence-corrected chi connectivity index (χ3v) is 5.08. The molecule has 0 radical (unpaired) electrons. The molecule has 0 amide bonds. The van der Waals surface area contributed by atoms with Crippen LogP contribution < -0.4 is 0 Å². The van der Waals surface area contributed by atoms with Gasteiger partial charge in [0.05, 0.1) is 6.33 Å². The highest BCUT2D eigenvalue weighted by molar-refractivity contribution is 5.15. The molecule has 3 saturated heterocycles. The predicted octanol–water partition coefficient (Wildman–Crippen LogP) is 2.51. The predicted molar refractivity (Wildman–Crippen MR) is 87.2 cm³/mol. The van der Waals surface area contributed by atoms with E-state index in [-0.39, 0.29) is 0 Å². The topological polar surface area (TPSA) is 35.2 Å². The number of H-pyrrole nitrogens is 1. The third-order valence-electron chi connectivity index (χ3n) is 5.08. The number of nitrogens with one attached hydrogen (secondary N) is 1. The van der Waals surface area contributed by atoms with Gasteiger partial charge in [-0.25, -0.2) is 4.98 Å². The molecule has 3 aliphatic rings. The number of imidazole rings is 1. The zero-order chi connectivity index (χ0) is 14.8. The first-order valence-corrected chi connectivity index (χ1v) is 8.34. The fourth-order valence-electron chi connectivity index (χ4n) is 4.03. The van der Waals surface area contributed by atoms with Crippen molar-refractivity contribution >= 4 is 0 Å². The Hall–Kier alpha value is -1.65. The largest absolute Gasteiger partial charge is 0.347 e. The molecule has 0 saturated carbocycles. The third kappa shape index (κ3) is 3.08. The van der Waals surface area contributed by atoms with Crippen molar-refractivity contribution in [1.82, 2.24) is 19.8 Å². The number of fused-ring (bicyclic) bond motifs is 4. The van der Waals surface area contributed by atoms with Crippen LogP contribution in [0, 0.1) is 5.92 Å². The average molecular weight is 296 g/mol. The minimum Gasteiger partial charge on any atom is -0.347 e. The normalized spacial score (nSPS) is 26.2. The summed E-state index contributed by atoms with van der Waals surface area (Å²) in [7, 11) is 0. The van der Waals surface area contributed by atoms with Gasteiger partial charge in [-0.05, 0) is 24.3 Å². The molecule has 3 fully saturated rings. The SMILES string of the molecule is c1ccc(CN2C[C@H]3CC[C@@H]2CN(Cc2cnc[nH]2)C3)cc1. The molecule has 1 aromatic carbocycles. The maximum atomic E-state index is 4.14. The molecule has 3 aliphatic heterocycles. The van der Waals surface area contributed by atoms with Crippen LogP contribution in [-0.4, -0.2) is 45.4 Å². The van der Waals surface area contributed by atoms with Crippen molar-refractivity contribution in [2.45, 2.75) is 32.0 Å². The highest BCUT2D eigenvalue weighted by Crippen LogP contribution is 2.29. The zero-order valence-electron chi connectivity index (χ0n) is 13.0. The Morgan fingerprint density at radius 3 is 2.77 bits per heavy atom. The molecule has 1 aromatic heterocycles. The Labute approximate surface area is 132 Å². The molecular weight excluding hydrogens is 272 g/mol. The average Bonchev–Trinajstić information content (AvgIpc) is 2.89. The molecule has 22 heavy (non-hydrogen) atoms. The van der Waals surface area contributed by atoms with Gasteiger partial charge in [0.15, 0.2) is 0 Å². The van der Waals surface area contributed by atoms with Gasteiger partial charge in [0.2, 0.25) is 0 Å². The molecule has 4 heteroatoms. The molecular formula is C18H24N4. The molecule has 2 aromatic rings. The van der Waals surface area contributed by atoms with Crippen molar-refractivity contribution in [3.05, 3.63) is 54.1 Å². The van der Waals surface area contributed by atoms with E-state index in [1.54, 1.807) is 6.33 Å². The van der Waals surface area contributed by atoms with Gasteiger partial charge < -0.3 is 4.98 Å². The molecule has 2 atom stereocenters. The fourth-order valence-corrected chi connectivity index (χ4v) is 4.03. The number of hydrogen-bond acceptors (Lipinski definition) is 3. The molecule has 0 unspecified atom stereocenters. The fraction of sp³-hybridized carbons (Fsp3) is 0.500. The summed E-state index contributed by atoms with van der Waals surface area (Å²) in [5.74, 6) is 0.811. The van der Waals surface area contributed by atoms with E-state index >= 15 is 0 Å². The van der Waals surface area contributed by atoms with Crippen LogP contribution in [0.25, 0.3) is 0 Å². The number of rotatable bonds is 4. The van der Waals surface area contributed by atoms with E-state index in [2.05, 4.69) is 50.1 Å². The lowest BCUT2D eigenvalue weighted by atomic mass is 9.94. The summed E-state index contributed by atoms with van der Waals surface area (Å²) in [6.07, 6.45) is 6.46. The lowest BCUT2D eigenvalue weighted by Gasteiger charge is -2.36. The van der Waals surface area contributed by atoms with E-state index in [1.165, 1.54) is 43.7 Å². The second-order valence-corrected chi connectivity index (χ2v) is 6.78. The van der Waals surface area contributed by atoms with Gasteiger partial charge in [-0.15, -0.1) is 0 Å². The number of aromatic amines is 1. The molecule has 116 valence electrons. The number of aromatic nitrogens is 2. The highest BCUT2D eigenvalue weighted by Gasteiger charge is 2.34. The van der Waals surface area contributed by atoms with Crippen LogP contribution >= 0.6 is 0 Å². The molecule has 5 rings (SSSR count). The first-order chi connectivity index (χ1) is 10.9. The summed E-state index contributed by atoms with van der Waals surface area (Å²) in [6.45, 7) is 5.76. The van der Waals surface area contributed by atoms with Crippen molar-refractivity contribution in [2.75, 3.05) is 19.6 Å². The maximum Gasteiger partial charge on any atom is 0.0922 e. The minimum absolute atomic E-state index is 0.696. The van der Waals surface area contributed by atoms with Crippen molar-refractivity contribution in [3.63, 3.8) is 0 Å². The maximum absolute atomic E-state index is 4.14. The van der Waals surface area contributed by atoms with Crippen LogP contribution in [0.3, 0.4) is 0 Å². The van der Waals surface area contributed by atoms with E-state index in [1.807, 2.05) is 6.20 Å². The van der Waals surface area contributed by atoms with Crippen LogP contribution in [0.15, 0.2) is 42.9 Å². The van der Waals surface area contributed by atoms with Gasteiger partial charge in [-0.2, -0.15) is 0 Å². The summed E-state index contributed by atoms with van der Waals surface area (Å²) < 4.78 is 0. The van der Waals surface area contributed by atoms with E-state index in [9.17, 15) is 0 Å². The second-order valence-electron chi connectivity index (χ2n) is 6.78. The van der Waals surface area contributed by atoms with Crippen LogP contribution in [0.4, 0.5) is 0 Å². The molecule has 1 N–H and O–H groups in total. The molecule has 0 spiro atoms. The quantitative estimate of drug-likeness (QED) is 0.941. The van der Waals surface area contributed by atoms with Crippen LogP contribution in [0.5, 0.6) is 0 Å². The number of hydrogen-bond donors (Lipinski definition) is 1. The van der Waals surface area contributed by atoms with Crippen molar-refractivity contribution < 1.29 is 0 Å². The number of nitrogens with zero attached hydrogens (tertiary/aromatic N) is 3. The van der Waals surface area contributed by atoms with Gasteiger partial charge >= 0.3 is 0 Å². The van der Waals surface area contributed by atoms with E-state index in [0.29, 0.717) is 6.04 Å². The van der Waals surface area contributed by atoms with Crippen molar-refractivity contribution in [3.8, 4) is 0 Å². The monoisotopic (exact) mass is 296 g/mol. The summed E-state index contributed by atoms with van der Waals surface area (Å²) in [5.41, 5.74) is 2.67. The number of benzene rings is 1. The summed E-state index contributed by atoms with van der Waals surface area (Å²) in [4.78, 5) is 12.7. The Bertz CT molecular complexity index is 580. The Morgan fingerprint density at radius 2 is 1.95 bits per heavy atom. The smallest absolute Gasteiger partial charge is 0.0922 e. The Morgan fingerprint density at radius 1 is 1.05 bits per heavy atom. The highest BCUT2D eigenvalue weighted by atomic mass is 15.3. The lowest BCUT2D eigenvalue weighted by molar-refractivity contribution is 0.123. The summed E-state index contributed by atoms with van der Waals surface area (Å²) in [6, 6.07) is 11.6. The minimum atomic E-state index is 0.696. The Kier molecular flexibility index (Phi) is 3.95. The van der Waals surface area contributed by atoms with E-state index in [0.717, 1.165) is 19.0 Å². The van der Waals surface area contributed by atoms with Crippen LogP contribution in [0.1, 0.15) is 24.1 Å². The van der Waals surface area contributed by atoms with Crippen LogP contribution in [0.2, 0.25) is 0 Å². The number of piperidine rings is 1. The zero-order valence-corrected chi connectivity index (χ0v) is 13.0. The van der Waals surface area contributed by atoms with Crippen LogP contribution in [-0.2, 0) is 13.1 Å². The molecule has 4 nitrogen and oxygen atoms in total. The van der Waals surface area contributed by atoms with E-state index in [4.69, 9.17) is 0 Å². The molecule has 2 bridgehead atoms. The first-order valence-electron chi connectivity index (χ1n) is 8.34. The Balaban J connectivity index is 1.44. The van der Waals surface area contributed by atoms with Gasteiger partial charge in [0.25, 0.3) is 0 Å². The molecule has 0 aliphatic carbocycles. The standard InChI is InChI=1S/C18H24N4/c1-2-4-15(5-3-1)10-22-11-16-6-7-18(22)13-21(9-16)12-17-8-19-14-20-17/h1-5,8,14,16,18H,6-7,9-13H2,(H,19,20)/t16-,18+/m0/s1. The van der Waals surface area contributed by atoms with Gasteiger partial charge in [-0.3, -0.25) is 9.80 Å². The van der Waals surface area contributed by atoms with Crippen molar-refractivity contribution in [1.29, 1.82) is 0 Å². The summed E-state index contributed by atoms with van der Waals surface area (Å²) in [5, 5.41) is 0. The van der Waals surface area contributed by atoms with Crippen molar-refractivity contribution in [2.24, 2.45) is 5.92 Å². The molecule has 4 heterocycles. The van der Waals surface area contributed by atoms with Gasteiger partial charge in [0.1, 0.15) is 0 Å². The summed E-state index contributed by atoms with van der Waals surface area (Å²) >= 11 is 0.